The lowest BCUT2D eigenvalue weighted by Gasteiger charge is -2.23. The van der Waals surface area contributed by atoms with Crippen molar-refractivity contribution in [1.82, 2.24) is 4.98 Å². The quantitative estimate of drug-likeness (QED) is 0.282. The van der Waals surface area contributed by atoms with Crippen LogP contribution in [0.1, 0.15) is 17.2 Å². The molecule has 2 heterocycles. The van der Waals surface area contributed by atoms with E-state index in [9.17, 15) is 19.8 Å². The van der Waals surface area contributed by atoms with Crippen molar-refractivity contribution in [1.29, 1.82) is 0 Å². The molecule has 1 aromatic heterocycles. The number of hydrogen-bond acceptors (Lipinski definition) is 6. The standard InChI is InChI=1S/C24H16N2O4S/c27-16-12-10-14(11-13-16)20-19(21(28)15-6-2-1-3-7-15)22(29)23(30)26(20)24-25-17-8-4-5-9-18(17)31-24/h1-13,20,27-28H. The molecule has 1 unspecified atom stereocenters. The van der Waals surface area contributed by atoms with E-state index in [4.69, 9.17) is 0 Å². The zero-order valence-electron chi connectivity index (χ0n) is 16.1. The highest BCUT2D eigenvalue weighted by molar-refractivity contribution is 7.22. The average molecular weight is 428 g/mol. The molecule has 0 aliphatic carbocycles. The maximum Gasteiger partial charge on any atom is 0.301 e. The lowest BCUT2D eigenvalue weighted by molar-refractivity contribution is -0.132. The van der Waals surface area contributed by atoms with Crippen molar-refractivity contribution in [3.8, 4) is 5.75 Å². The number of carbonyl (C=O) groups excluding carboxylic acids is 2. The van der Waals surface area contributed by atoms with Gasteiger partial charge >= 0.3 is 5.91 Å². The van der Waals surface area contributed by atoms with Gasteiger partial charge in [0.05, 0.1) is 21.8 Å². The number of anilines is 1. The second-order valence-corrected chi connectivity index (χ2v) is 8.10. The van der Waals surface area contributed by atoms with Gasteiger partial charge in [-0.15, -0.1) is 0 Å². The number of carbonyl (C=O) groups is 2. The molecule has 1 amide bonds. The smallest absolute Gasteiger partial charge is 0.301 e. The molecule has 1 saturated heterocycles. The number of nitrogens with zero attached hydrogens (tertiary/aromatic N) is 2. The zero-order chi connectivity index (χ0) is 21.5. The van der Waals surface area contributed by atoms with Crippen molar-refractivity contribution >= 4 is 44.1 Å². The number of hydrogen-bond donors (Lipinski definition) is 2. The predicted octanol–water partition coefficient (Wildman–Crippen LogP) is 4.63. The molecular formula is C24H16N2O4S. The van der Waals surface area contributed by atoms with E-state index >= 15 is 0 Å². The number of phenols is 1. The number of benzene rings is 3. The maximum absolute atomic E-state index is 13.1. The molecule has 1 aliphatic heterocycles. The van der Waals surface area contributed by atoms with E-state index in [1.165, 1.54) is 28.4 Å². The maximum atomic E-state index is 13.1. The normalized spacial score (nSPS) is 18.1. The molecule has 0 saturated carbocycles. The number of aromatic hydroxyl groups is 1. The highest BCUT2D eigenvalue weighted by atomic mass is 32.1. The average Bonchev–Trinajstić information content (AvgIpc) is 3.33. The van der Waals surface area contributed by atoms with E-state index in [0.29, 0.717) is 16.3 Å². The SMILES string of the molecule is O=C1C(=O)N(c2nc3ccccc3s2)C(c2ccc(O)cc2)C1=C(O)c1ccccc1. The topological polar surface area (TPSA) is 90.7 Å². The molecule has 0 bridgehead atoms. The number of para-hydroxylation sites is 1. The first-order valence-electron chi connectivity index (χ1n) is 9.55. The highest BCUT2D eigenvalue weighted by Gasteiger charge is 2.48. The Morgan fingerprint density at radius 2 is 1.58 bits per heavy atom. The van der Waals surface area contributed by atoms with Crippen LogP contribution < -0.4 is 4.90 Å². The van der Waals surface area contributed by atoms with E-state index in [2.05, 4.69) is 4.98 Å². The van der Waals surface area contributed by atoms with Crippen molar-refractivity contribution < 1.29 is 19.8 Å². The number of aliphatic hydroxyl groups excluding tert-OH is 1. The van der Waals surface area contributed by atoms with E-state index in [1.54, 1.807) is 42.5 Å². The summed E-state index contributed by atoms with van der Waals surface area (Å²) in [6.45, 7) is 0. The zero-order valence-corrected chi connectivity index (χ0v) is 16.9. The third kappa shape index (κ3) is 3.15. The van der Waals surface area contributed by atoms with Gasteiger partial charge in [0, 0.05) is 5.56 Å². The van der Waals surface area contributed by atoms with Gasteiger partial charge in [0.2, 0.25) is 0 Å². The molecule has 3 aromatic carbocycles. The van der Waals surface area contributed by atoms with Crippen LogP contribution in [-0.4, -0.2) is 26.9 Å². The van der Waals surface area contributed by atoms with Crippen LogP contribution in [0.2, 0.25) is 0 Å². The van der Waals surface area contributed by atoms with Crippen LogP contribution in [0.4, 0.5) is 5.13 Å². The fraction of sp³-hybridized carbons (Fsp3) is 0.0417. The van der Waals surface area contributed by atoms with Gasteiger partial charge < -0.3 is 10.2 Å². The Balaban J connectivity index is 1.74. The van der Waals surface area contributed by atoms with Gasteiger partial charge in [-0.05, 0) is 29.8 Å². The number of thiazole rings is 1. The fourth-order valence-electron chi connectivity index (χ4n) is 3.72. The summed E-state index contributed by atoms with van der Waals surface area (Å²) >= 11 is 1.30. The van der Waals surface area contributed by atoms with Crippen molar-refractivity contribution in [2.24, 2.45) is 0 Å². The number of fused-ring (bicyclic) bond motifs is 1. The lowest BCUT2D eigenvalue weighted by atomic mass is 9.95. The van der Waals surface area contributed by atoms with Crippen molar-refractivity contribution in [2.75, 3.05) is 4.90 Å². The van der Waals surface area contributed by atoms with Crippen LogP contribution in [0, 0.1) is 0 Å². The molecule has 0 radical (unpaired) electrons. The number of rotatable bonds is 3. The summed E-state index contributed by atoms with van der Waals surface area (Å²) in [5.41, 5.74) is 1.72. The summed E-state index contributed by atoms with van der Waals surface area (Å²) in [5, 5.41) is 21.1. The third-order valence-corrected chi connectivity index (χ3v) is 6.22. The third-order valence-electron chi connectivity index (χ3n) is 5.19. The number of phenolic OH excluding ortho intramolecular Hbond substituents is 1. The van der Waals surface area contributed by atoms with E-state index in [1.807, 2.05) is 24.3 Å². The van der Waals surface area contributed by atoms with E-state index < -0.39 is 17.7 Å². The van der Waals surface area contributed by atoms with E-state index in [-0.39, 0.29) is 17.1 Å². The highest BCUT2D eigenvalue weighted by Crippen LogP contribution is 2.44. The van der Waals surface area contributed by atoms with Crippen molar-refractivity contribution in [3.05, 3.63) is 95.6 Å². The molecule has 152 valence electrons. The minimum Gasteiger partial charge on any atom is -0.508 e. The van der Waals surface area contributed by atoms with Gasteiger partial charge in [-0.2, -0.15) is 0 Å². The molecular weight excluding hydrogens is 412 g/mol. The molecule has 1 aliphatic rings. The summed E-state index contributed by atoms with van der Waals surface area (Å²) in [4.78, 5) is 32.1. The molecule has 7 heteroatoms. The second-order valence-electron chi connectivity index (χ2n) is 7.09. The molecule has 2 N–H and O–H groups in total. The van der Waals surface area contributed by atoms with E-state index in [0.717, 1.165) is 10.2 Å². The Labute approximate surface area is 181 Å². The van der Waals surface area contributed by atoms with Crippen LogP contribution >= 0.6 is 11.3 Å². The number of Topliss-reactive ketones (excluding diaryl/α,β-unsaturated/α-hetero) is 1. The van der Waals surface area contributed by atoms with Crippen molar-refractivity contribution in [3.63, 3.8) is 0 Å². The molecule has 1 atom stereocenters. The summed E-state index contributed by atoms with van der Waals surface area (Å²) < 4.78 is 0.881. The fourth-order valence-corrected chi connectivity index (χ4v) is 4.71. The first kappa shape index (κ1) is 19.0. The van der Waals surface area contributed by atoms with Gasteiger partial charge in [0.25, 0.3) is 5.78 Å². The Morgan fingerprint density at radius 1 is 0.903 bits per heavy atom. The summed E-state index contributed by atoms with van der Waals surface area (Å²) in [6, 6.07) is 21.5. The molecule has 31 heavy (non-hydrogen) atoms. The lowest BCUT2D eigenvalue weighted by Crippen LogP contribution is -2.29. The van der Waals surface area contributed by atoms with Gasteiger partial charge in [-0.1, -0.05) is 65.9 Å². The van der Waals surface area contributed by atoms with Gasteiger partial charge in [0.1, 0.15) is 11.5 Å². The van der Waals surface area contributed by atoms with Crippen LogP contribution in [-0.2, 0) is 9.59 Å². The van der Waals surface area contributed by atoms with Crippen LogP contribution in [0.3, 0.4) is 0 Å². The second kappa shape index (κ2) is 7.37. The molecule has 5 rings (SSSR count). The Hall–Kier alpha value is -3.97. The Bertz CT molecular complexity index is 1310. The Morgan fingerprint density at radius 3 is 2.29 bits per heavy atom. The number of ketones is 1. The summed E-state index contributed by atoms with van der Waals surface area (Å²) in [5.74, 6) is -1.72. The molecule has 4 aromatic rings. The largest absolute Gasteiger partial charge is 0.508 e. The number of amides is 1. The van der Waals surface area contributed by atoms with Crippen LogP contribution in [0.25, 0.3) is 16.0 Å². The van der Waals surface area contributed by atoms with Gasteiger partial charge in [-0.25, -0.2) is 4.98 Å². The Kier molecular flexibility index (Phi) is 4.52. The first-order valence-corrected chi connectivity index (χ1v) is 10.4. The summed E-state index contributed by atoms with van der Waals surface area (Å²) in [6.07, 6.45) is 0. The molecule has 1 fully saturated rings. The minimum absolute atomic E-state index is 0.0128. The van der Waals surface area contributed by atoms with Gasteiger partial charge in [0.15, 0.2) is 5.13 Å². The molecule has 6 nitrogen and oxygen atoms in total. The number of aliphatic hydroxyl groups is 1. The van der Waals surface area contributed by atoms with Crippen LogP contribution in [0.15, 0.2) is 84.4 Å². The van der Waals surface area contributed by atoms with Crippen LogP contribution in [0.5, 0.6) is 5.75 Å². The summed E-state index contributed by atoms with van der Waals surface area (Å²) in [7, 11) is 0. The molecule has 0 spiro atoms. The minimum atomic E-state index is -0.874. The van der Waals surface area contributed by atoms with Crippen molar-refractivity contribution in [2.45, 2.75) is 6.04 Å². The predicted molar refractivity (Wildman–Crippen MR) is 119 cm³/mol. The first-order chi connectivity index (χ1) is 15.0. The van der Waals surface area contributed by atoms with Gasteiger partial charge in [-0.3, -0.25) is 14.5 Å². The number of aromatic nitrogens is 1. The monoisotopic (exact) mass is 428 g/mol.